The van der Waals surface area contributed by atoms with E-state index in [0.717, 1.165) is 0 Å². The van der Waals surface area contributed by atoms with Crippen LogP contribution in [-0.2, 0) is 6.42 Å². The summed E-state index contributed by atoms with van der Waals surface area (Å²) in [5, 5.41) is 3.52. The van der Waals surface area contributed by atoms with Gasteiger partial charge in [0, 0.05) is 16.6 Å². The van der Waals surface area contributed by atoms with E-state index in [1.165, 1.54) is 0 Å². The minimum absolute atomic E-state index is 0.0154. The van der Waals surface area contributed by atoms with Gasteiger partial charge in [0.1, 0.15) is 0 Å². The molecule has 0 radical (unpaired) electrons. The Kier molecular flexibility index (Phi) is 3.79. The first-order valence-corrected chi connectivity index (χ1v) is 6.09. The van der Waals surface area contributed by atoms with Crippen molar-refractivity contribution in [3.8, 4) is 11.5 Å². The summed E-state index contributed by atoms with van der Waals surface area (Å²) >= 11 is 3.28. The van der Waals surface area contributed by atoms with Gasteiger partial charge in [-0.2, -0.15) is 18.2 Å². The van der Waals surface area contributed by atoms with Crippen LogP contribution in [-0.4, -0.2) is 16.3 Å². The molecule has 0 aliphatic rings. The molecule has 8 heteroatoms. The van der Waals surface area contributed by atoms with Crippen LogP contribution in [0.5, 0.6) is 0 Å². The zero-order chi connectivity index (χ0) is 14.0. The number of aryl methyl sites for hydroxylation is 1. The van der Waals surface area contributed by atoms with Gasteiger partial charge in [0.05, 0.1) is 12.0 Å². The summed E-state index contributed by atoms with van der Waals surface area (Å²) in [6, 6.07) is 4.98. The summed E-state index contributed by atoms with van der Waals surface area (Å²) in [5.41, 5.74) is 6.67. The van der Waals surface area contributed by atoms with E-state index in [1.54, 1.807) is 18.2 Å². The Bertz CT molecular complexity index is 583. The quantitative estimate of drug-likeness (QED) is 0.870. The van der Waals surface area contributed by atoms with E-state index in [-0.39, 0.29) is 18.1 Å². The highest BCUT2D eigenvalue weighted by Crippen LogP contribution is 2.29. The number of halogens is 4. The second-order valence-corrected chi connectivity index (χ2v) is 4.72. The van der Waals surface area contributed by atoms with Gasteiger partial charge in [-0.3, -0.25) is 0 Å². The van der Waals surface area contributed by atoms with E-state index in [2.05, 4.69) is 26.1 Å². The van der Waals surface area contributed by atoms with Crippen LogP contribution in [0.1, 0.15) is 12.2 Å². The lowest BCUT2D eigenvalue weighted by Crippen LogP contribution is -2.09. The number of nitrogens with zero attached hydrogens (tertiary/aromatic N) is 2. The average molecular weight is 336 g/mol. The zero-order valence-electron chi connectivity index (χ0n) is 9.54. The molecule has 0 unspecified atom stereocenters. The number of alkyl halides is 3. The standard InChI is InChI=1S/C11H9BrF3N3O/c12-8-2-1-6(16)5-7(8)10-17-9(18-19-10)3-4-11(13,14)15/h1-2,5H,3-4,16H2. The summed E-state index contributed by atoms with van der Waals surface area (Å²) in [4.78, 5) is 3.92. The van der Waals surface area contributed by atoms with Crippen LogP contribution in [0, 0.1) is 0 Å². The maximum absolute atomic E-state index is 12.1. The van der Waals surface area contributed by atoms with E-state index in [9.17, 15) is 13.2 Å². The lowest BCUT2D eigenvalue weighted by molar-refractivity contribution is -0.134. The SMILES string of the molecule is Nc1ccc(Br)c(-c2nc(CCC(F)(F)F)no2)c1. The Balaban J connectivity index is 2.19. The third-order valence-corrected chi connectivity index (χ3v) is 3.01. The molecule has 2 aromatic rings. The number of hydrogen-bond donors (Lipinski definition) is 1. The molecule has 1 aromatic heterocycles. The highest BCUT2D eigenvalue weighted by atomic mass is 79.9. The van der Waals surface area contributed by atoms with Crippen LogP contribution in [0.2, 0.25) is 0 Å². The van der Waals surface area contributed by atoms with Crippen molar-refractivity contribution >= 4 is 21.6 Å². The molecule has 19 heavy (non-hydrogen) atoms. The Morgan fingerprint density at radius 1 is 1.32 bits per heavy atom. The van der Waals surface area contributed by atoms with Gasteiger partial charge in [-0.15, -0.1) is 0 Å². The normalized spacial score (nSPS) is 11.8. The Morgan fingerprint density at radius 3 is 2.74 bits per heavy atom. The van der Waals surface area contributed by atoms with E-state index in [0.29, 0.717) is 15.7 Å². The lowest BCUT2D eigenvalue weighted by Gasteiger charge is -2.02. The first-order chi connectivity index (χ1) is 8.85. The highest BCUT2D eigenvalue weighted by Gasteiger charge is 2.27. The first-order valence-electron chi connectivity index (χ1n) is 5.30. The Hall–Kier alpha value is -1.57. The minimum atomic E-state index is -4.24. The van der Waals surface area contributed by atoms with Crippen molar-refractivity contribution in [3.63, 3.8) is 0 Å². The maximum atomic E-state index is 12.1. The van der Waals surface area contributed by atoms with E-state index in [4.69, 9.17) is 10.3 Å². The predicted octanol–water partition coefficient (Wildman–Crippen LogP) is 3.58. The molecule has 0 saturated carbocycles. The van der Waals surface area contributed by atoms with Gasteiger partial charge in [-0.25, -0.2) is 0 Å². The van der Waals surface area contributed by atoms with Crippen LogP contribution < -0.4 is 5.73 Å². The fourth-order valence-corrected chi connectivity index (χ4v) is 1.84. The lowest BCUT2D eigenvalue weighted by atomic mass is 10.2. The number of rotatable bonds is 3. The molecule has 1 heterocycles. The molecule has 4 nitrogen and oxygen atoms in total. The molecule has 102 valence electrons. The van der Waals surface area contributed by atoms with E-state index < -0.39 is 12.6 Å². The van der Waals surface area contributed by atoms with Gasteiger partial charge in [0.15, 0.2) is 5.82 Å². The third-order valence-electron chi connectivity index (χ3n) is 2.32. The first kappa shape index (κ1) is 13.9. The second-order valence-electron chi connectivity index (χ2n) is 3.87. The van der Waals surface area contributed by atoms with Crippen LogP contribution in [0.25, 0.3) is 11.5 Å². The molecule has 0 spiro atoms. The number of aromatic nitrogens is 2. The number of anilines is 1. The summed E-state index contributed by atoms with van der Waals surface area (Å²) < 4.78 is 41.8. The fourth-order valence-electron chi connectivity index (χ4n) is 1.43. The topological polar surface area (TPSA) is 64.9 Å². The number of benzene rings is 1. The molecular formula is C11H9BrF3N3O. The molecule has 0 bridgehead atoms. The molecule has 0 aliphatic carbocycles. The van der Waals surface area contributed by atoms with Gasteiger partial charge in [0.2, 0.25) is 0 Å². The maximum Gasteiger partial charge on any atom is 0.389 e. The number of nitrogen functional groups attached to an aromatic ring is 1. The van der Waals surface area contributed by atoms with Crippen LogP contribution in [0.3, 0.4) is 0 Å². The van der Waals surface area contributed by atoms with Gasteiger partial charge in [-0.1, -0.05) is 5.16 Å². The summed E-state index contributed by atoms with van der Waals surface area (Å²) in [7, 11) is 0. The van der Waals surface area contributed by atoms with Gasteiger partial charge in [0.25, 0.3) is 5.89 Å². The number of hydrogen-bond acceptors (Lipinski definition) is 4. The monoisotopic (exact) mass is 335 g/mol. The smallest absolute Gasteiger partial charge is 0.389 e. The van der Waals surface area contributed by atoms with Gasteiger partial charge in [-0.05, 0) is 34.1 Å². The van der Waals surface area contributed by atoms with Crippen molar-refractivity contribution in [3.05, 3.63) is 28.5 Å². The van der Waals surface area contributed by atoms with Gasteiger partial charge < -0.3 is 10.3 Å². The molecule has 2 N–H and O–H groups in total. The van der Waals surface area contributed by atoms with Crippen molar-refractivity contribution in [2.75, 3.05) is 5.73 Å². The molecule has 0 fully saturated rings. The van der Waals surface area contributed by atoms with Gasteiger partial charge >= 0.3 is 6.18 Å². The zero-order valence-corrected chi connectivity index (χ0v) is 11.1. The van der Waals surface area contributed by atoms with Crippen LogP contribution in [0.4, 0.5) is 18.9 Å². The molecule has 0 saturated heterocycles. The predicted molar refractivity (Wildman–Crippen MR) is 66.2 cm³/mol. The van der Waals surface area contributed by atoms with Crippen LogP contribution >= 0.6 is 15.9 Å². The summed E-state index contributed by atoms with van der Waals surface area (Å²) in [5.74, 6) is 0.151. The average Bonchev–Trinajstić information content (AvgIpc) is 2.77. The van der Waals surface area contributed by atoms with Crippen molar-refractivity contribution < 1.29 is 17.7 Å². The Labute approximate surface area is 114 Å². The summed E-state index contributed by atoms with van der Waals surface area (Å²) in [6.07, 6.45) is -5.53. The minimum Gasteiger partial charge on any atom is -0.399 e. The van der Waals surface area contributed by atoms with Crippen LogP contribution in [0.15, 0.2) is 27.2 Å². The van der Waals surface area contributed by atoms with Crippen molar-refractivity contribution in [2.24, 2.45) is 0 Å². The molecule has 0 aliphatic heterocycles. The van der Waals surface area contributed by atoms with Crippen molar-refractivity contribution in [1.82, 2.24) is 10.1 Å². The summed E-state index contributed by atoms with van der Waals surface area (Å²) in [6.45, 7) is 0. The van der Waals surface area contributed by atoms with Crippen molar-refractivity contribution in [1.29, 1.82) is 0 Å². The van der Waals surface area contributed by atoms with E-state index in [1.807, 2.05) is 0 Å². The molecule has 0 amide bonds. The largest absolute Gasteiger partial charge is 0.399 e. The third kappa shape index (κ3) is 3.69. The molecule has 0 atom stereocenters. The van der Waals surface area contributed by atoms with Crippen molar-refractivity contribution in [2.45, 2.75) is 19.0 Å². The molecular weight excluding hydrogens is 327 g/mol. The molecule has 1 aromatic carbocycles. The second kappa shape index (κ2) is 5.20. The fraction of sp³-hybridized carbons (Fsp3) is 0.273. The molecule has 2 rings (SSSR count). The van der Waals surface area contributed by atoms with E-state index >= 15 is 0 Å². The number of nitrogens with two attached hydrogens (primary N) is 1. The Morgan fingerprint density at radius 2 is 2.05 bits per heavy atom. The highest BCUT2D eigenvalue weighted by molar-refractivity contribution is 9.10.